The Labute approximate surface area is 110 Å². The fourth-order valence-electron chi connectivity index (χ4n) is 2.51. The van der Waals surface area contributed by atoms with Gasteiger partial charge in [-0.15, -0.1) is 0 Å². The van der Waals surface area contributed by atoms with Crippen molar-refractivity contribution in [3.05, 3.63) is 0 Å². The minimum atomic E-state index is -3.07. The van der Waals surface area contributed by atoms with Gasteiger partial charge in [-0.3, -0.25) is 0 Å². The Kier molecular flexibility index (Phi) is 4.31. The Hall–Kier alpha value is -0.170. The SMILES string of the molecule is COC1(CN)CCN(S(=O)(=O)CCC2CC2)CC1. The minimum Gasteiger partial charge on any atom is -0.377 e. The lowest BCUT2D eigenvalue weighted by Gasteiger charge is -2.39. The molecule has 5 nitrogen and oxygen atoms in total. The molecule has 18 heavy (non-hydrogen) atoms. The molecule has 2 aliphatic rings. The van der Waals surface area contributed by atoms with Crippen molar-refractivity contribution in [3.8, 4) is 0 Å². The third kappa shape index (κ3) is 3.23. The number of nitrogens with two attached hydrogens (primary N) is 1. The van der Waals surface area contributed by atoms with Gasteiger partial charge in [-0.1, -0.05) is 12.8 Å². The number of ether oxygens (including phenoxy) is 1. The van der Waals surface area contributed by atoms with Crippen LogP contribution in [0.3, 0.4) is 0 Å². The fraction of sp³-hybridized carbons (Fsp3) is 1.00. The maximum absolute atomic E-state index is 12.2. The lowest BCUT2D eigenvalue weighted by molar-refractivity contribution is -0.0376. The van der Waals surface area contributed by atoms with Crippen LogP contribution in [0.1, 0.15) is 32.1 Å². The molecule has 0 amide bonds. The smallest absolute Gasteiger partial charge is 0.214 e. The summed E-state index contributed by atoms with van der Waals surface area (Å²) in [6.07, 6.45) is 4.63. The van der Waals surface area contributed by atoms with Crippen molar-refractivity contribution in [1.29, 1.82) is 0 Å². The van der Waals surface area contributed by atoms with Gasteiger partial charge in [-0.05, 0) is 25.2 Å². The maximum atomic E-state index is 12.2. The van der Waals surface area contributed by atoms with Crippen LogP contribution in [0.15, 0.2) is 0 Å². The molecule has 0 aromatic heterocycles. The molecule has 0 atom stereocenters. The summed E-state index contributed by atoms with van der Waals surface area (Å²) < 4.78 is 31.4. The number of sulfonamides is 1. The van der Waals surface area contributed by atoms with E-state index in [9.17, 15) is 8.42 Å². The van der Waals surface area contributed by atoms with E-state index in [-0.39, 0.29) is 5.60 Å². The summed E-state index contributed by atoms with van der Waals surface area (Å²) in [6, 6.07) is 0. The van der Waals surface area contributed by atoms with Gasteiger partial charge in [-0.2, -0.15) is 0 Å². The summed E-state index contributed by atoms with van der Waals surface area (Å²) >= 11 is 0. The molecule has 1 saturated heterocycles. The molecule has 1 heterocycles. The summed E-state index contributed by atoms with van der Waals surface area (Å²) in [4.78, 5) is 0. The van der Waals surface area contributed by atoms with E-state index >= 15 is 0 Å². The summed E-state index contributed by atoms with van der Waals surface area (Å²) in [5.74, 6) is 0.965. The van der Waals surface area contributed by atoms with E-state index in [1.807, 2.05) is 0 Å². The minimum absolute atomic E-state index is 0.306. The van der Waals surface area contributed by atoms with E-state index in [1.54, 1.807) is 11.4 Å². The highest BCUT2D eigenvalue weighted by Crippen LogP contribution is 2.33. The van der Waals surface area contributed by atoms with Crippen LogP contribution in [0, 0.1) is 5.92 Å². The molecule has 1 aliphatic heterocycles. The van der Waals surface area contributed by atoms with E-state index in [2.05, 4.69) is 0 Å². The molecular formula is C12H24N2O3S. The summed E-state index contributed by atoms with van der Waals surface area (Å²) in [5, 5.41) is 0. The number of hydrogen-bond acceptors (Lipinski definition) is 4. The summed E-state index contributed by atoms with van der Waals surface area (Å²) in [6.45, 7) is 1.54. The molecule has 0 spiro atoms. The second-order valence-corrected chi connectivity index (χ2v) is 7.63. The highest BCUT2D eigenvalue weighted by atomic mass is 32.2. The quantitative estimate of drug-likeness (QED) is 0.769. The molecule has 0 bridgehead atoms. The molecule has 0 radical (unpaired) electrons. The van der Waals surface area contributed by atoms with Crippen LogP contribution in [0.25, 0.3) is 0 Å². The fourth-order valence-corrected chi connectivity index (χ4v) is 4.14. The summed E-state index contributed by atoms with van der Waals surface area (Å²) in [5.41, 5.74) is 5.40. The molecule has 2 N–H and O–H groups in total. The van der Waals surface area contributed by atoms with Crippen LogP contribution in [0.5, 0.6) is 0 Å². The molecule has 106 valence electrons. The van der Waals surface area contributed by atoms with Crippen molar-refractivity contribution in [2.24, 2.45) is 11.7 Å². The van der Waals surface area contributed by atoms with Gasteiger partial charge in [0.1, 0.15) is 0 Å². The predicted octanol–water partition coefficient (Wildman–Crippen LogP) is 0.556. The zero-order valence-electron chi connectivity index (χ0n) is 11.1. The first-order valence-corrected chi connectivity index (χ1v) is 8.35. The molecule has 2 rings (SSSR count). The van der Waals surface area contributed by atoms with Crippen LogP contribution >= 0.6 is 0 Å². The molecule has 2 fully saturated rings. The van der Waals surface area contributed by atoms with E-state index in [0.717, 1.165) is 6.42 Å². The number of methoxy groups -OCH3 is 1. The average Bonchev–Trinajstić information content (AvgIpc) is 3.21. The van der Waals surface area contributed by atoms with Gasteiger partial charge in [0.15, 0.2) is 0 Å². The third-order valence-corrected chi connectivity index (χ3v) is 6.22. The molecular weight excluding hydrogens is 252 g/mol. The van der Waals surface area contributed by atoms with Gasteiger partial charge >= 0.3 is 0 Å². The van der Waals surface area contributed by atoms with E-state index in [4.69, 9.17) is 10.5 Å². The Morgan fingerprint density at radius 1 is 1.33 bits per heavy atom. The first-order chi connectivity index (χ1) is 8.51. The van der Waals surface area contributed by atoms with Crippen molar-refractivity contribution in [2.75, 3.05) is 32.5 Å². The highest BCUT2D eigenvalue weighted by Gasteiger charge is 2.37. The van der Waals surface area contributed by atoms with E-state index < -0.39 is 10.0 Å². The van der Waals surface area contributed by atoms with Crippen LogP contribution in [0.2, 0.25) is 0 Å². The number of rotatable bonds is 6. The predicted molar refractivity (Wildman–Crippen MR) is 70.7 cm³/mol. The number of hydrogen-bond donors (Lipinski definition) is 1. The zero-order chi connectivity index (χ0) is 13.2. The van der Waals surface area contributed by atoms with Crippen molar-refractivity contribution in [1.82, 2.24) is 4.31 Å². The Morgan fingerprint density at radius 2 is 1.94 bits per heavy atom. The molecule has 1 saturated carbocycles. The van der Waals surface area contributed by atoms with Crippen molar-refractivity contribution >= 4 is 10.0 Å². The highest BCUT2D eigenvalue weighted by molar-refractivity contribution is 7.89. The Morgan fingerprint density at radius 3 is 2.39 bits per heavy atom. The second-order valence-electron chi connectivity index (χ2n) is 5.54. The van der Waals surface area contributed by atoms with Crippen molar-refractivity contribution in [2.45, 2.75) is 37.7 Å². The first-order valence-electron chi connectivity index (χ1n) is 6.74. The van der Waals surface area contributed by atoms with Gasteiger partial charge < -0.3 is 10.5 Å². The van der Waals surface area contributed by atoms with Crippen LogP contribution in [0.4, 0.5) is 0 Å². The maximum Gasteiger partial charge on any atom is 0.214 e. The first kappa shape index (κ1) is 14.2. The number of piperidine rings is 1. The van der Waals surface area contributed by atoms with Gasteiger partial charge in [0.2, 0.25) is 10.0 Å². The van der Waals surface area contributed by atoms with Gasteiger partial charge in [0, 0.05) is 26.7 Å². The van der Waals surface area contributed by atoms with E-state index in [1.165, 1.54) is 12.8 Å². The van der Waals surface area contributed by atoms with E-state index in [0.29, 0.717) is 44.1 Å². The molecule has 0 aromatic rings. The zero-order valence-corrected chi connectivity index (χ0v) is 11.9. The lowest BCUT2D eigenvalue weighted by atomic mass is 9.92. The Balaban J connectivity index is 1.87. The van der Waals surface area contributed by atoms with Crippen LogP contribution in [-0.2, 0) is 14.8 Å². The molecule has 6 heteroatoms. The number of nitrogens with zero attached hydrogens (tertiary/aromatic N) is 1. The molecule has 0 unspecified atom stereocenters. The third-order valence-electron chi connectivity index (χ3n) is 4.31. The largest absolute Gasteiger partial charge is 0.377 e. The second kappa shape index (κ2) is 5.45. The molecule has 0 aromatic carbocycles. The van der Waals surface area contributed by atoms with Gasteiger partial charge in [0.05, 0.1) is 11.4 Å². The normalized spacial score (nSPS) is 25.2. The van der Waals surface area contributed by atoms with Gasteiger partial charge in [-0.25, -0.2) is 12.7 Å². The average molecular weight is 276 g/mol. The Bertz CT molecular complexity index is 365. The summed E-state index contributed by atoms with van der Waals surface area (Å²) in [7, 11) is -1.41. The standard InChI is InChI=1S/C12H24N2O3S/c1-17-12(10-13)5-7-14(8-6-12)18(15,16)9-4-11-2-3-11/h11H,2-10,13H2,1H3. The monoisotopic (exact) mass is 276 g/mol. The van der Waals surface area contributed by atoms with Crippen molar-refractivity contribution in [3.63, 3.8) is 0 Å². The van der Waals surface area contributed by atoms with Crippen LogP contribution < -0.4 is 5.73 Å². The molecule has 1 aliphatic carbocycles. The lowest BCUT2D eigenvalue weighted by Crippen LogP contribution is -2.51. The van der Waals surface area contributed by atoms with Crippen molar-refractivity contribution < 1.29 is 13.2 Å². The topological polar surface area (TPSA) is 72.6 Å². The van der Waals surface area contributed by atoms with Crippen LogP contribution in [-0.4, -0.2) is 50.8 Å². The van der Waals surface area contributed by atoms with Gasteiger partial charge in [0.25, 0.3) is 0 Å².